The lowest BCUT2D eigenvalue weighted by atomic mass is 10.1. The summed E-state index contributed by atoms with van der Waals surface area (Å²) >= 11 is 1.32. The van der Waals surface area contributed by atoms with E-state index in [1.807, 2.05) is 6.26 Å². The average molecular weight is 279 g/mol. The monoisotopic (exact) mass is 279 g/mol. The van der Waals surface area contributed by atoms with Crippen molar-refractivity contribution in [1.82, 2.24) is 15.2 Å². The molecule has 0 aliphatic rings. The van der Waals surface area contributed by atoms with Gasteiger partial charge >= 0.3 is 0 Å². The highest BCUT2D eigenvalue weighted by atomic mass is 32.2. The molecule has 0 bridgehead atoms. The van der Waals surface area contributed by atoms with Crippen LogP contribution in [-0.4, -0.2) is 35.7 Å². The Morgan fingerprint density at radius 3 is 2.58 bits per heavy atom. The molecule has 1 N–H and O–H groups in total. The molecule has 1 aromatic heterocycles. The van der Waals surface area contributed by atoms with Crippen LogP contribution < -0.4 is 15.0 Å². The highest BCUT2D eigenvalue weighted by Crippen LogP contribution is 2.30. The van der Waals surface area contributed by atoms with E-state index in [-0.39, 0.29) is 11.3 Å². The van der Waals surface area contributed by atoms with Crippen molar-refractivity contribution >= 4 is 11.8 Å². The standard InChI is InChI=1S/C12H13N3O3S/c1-17-7-4-5-8(9(6-7)18-2)10-11(16)13-12(19-3)15-14-10/h4-6H,1-3H3,(H,13,15,16). The number of nitrogens with one attached hydrogen (secondary N) is 1. The highest BCUT2D eigenvalue weighted by Gasteiger charge is 2.13. The lowest BCUT2D eigenvalue weighted by molar-refractivity contribution is 0.395. The smallest absolute Gasteiger partial charge is 0.278 e. The average Bonchev–Trinajstić information content (AvgIpc) is 2.46. The maximum Gasteiger partial charge on any atom is 0.278 e. The number of aromatic amines is 1. The Bertz CT molecular complexity index is 642. The van der Waals surface area contributed by atoms with Crippen molar-refractivity contribution in [2.75, 3.05) is 20.5 Å². The molecule has 2 aromatic rings. The van der Waals surface area contributed by atoms with Crippen molar-refractivity contribution < 1.29 is 9.47 Å². The van der Waals surface area contributed by atoms with E-state index in [0.717, 1.165) is 0 Å². The van der Waals surface area contributed by atoms with Crippen molar-refractivity contribution in [3.63, 3.8) is 0 Å². The third-order valence-electron chi connectivity index (χ3n) is 2.53. The Morgan fingerprint density at radius 1 is 1.21 bits per heavy atom. The van der Waals surface area contributed by atoms with Crippen LogP contribution in [0, 0.1) is 0 Å². The number of rotatable bonds is 4. The molecule has 0 aliphatic carbocycles. The summed E-state index contributed by atoms with van der Waals surface area (Å²) in [7, 11) is 3.09. The number of thioether (sulfide) groups is 1. The van der Waals surface area contributed by atoms with Crippen molar-refractivity contribution in [2.45, 2.75) is 5.16 Å². The van der Waals surface area contributed by atoms with Crippen LogP contribution in [0.2, 0.25) is 0 Å². The van der Waals surface area contributed by atoms with E-state index in [0.29, 0.717) is 22.2 Å². The maximum absolute atomic E-state index is 12.0. The number of methoxy groups -OCH3 is 2. The molecule has 0 aliphatic heterocycles. The summed E-state index contributed by atoms with van der Waals surface area (Å²) in [6.45, 7) is 0. The van der Waals surface area contributed by atoms with Crippen LogP contribution in [0.1, 0.15) is 0 Å². The van der Waals surface area contributed by atoms with E-state index in [2.05, 4.69) is 15.2 Å². The van der Waals surface area contributed by atoms with Gasteiger partial charge in [-0.1, -0.05) is 11.8 Å². The summed E-state index contributed by atoms with van der Waals surface area (Å²) in [5, 5.41) is 8.34. The van der Waals surface area contributed by atoms with Gasteiger partial charge in [-0.2, -0.15) is 0 Å². The summed E-state index contributed by atoms with van der Waals surface area (Å²) in [5.74, 6) is 1.15. The molecule has 7 heteroatoms. The predicted octanol–water partition coefficient (Wildman–Crippen LogP) is 1.57. The van der Waals surface area contributed by atoms with Gasteiger partial charge in [0.25, 0.3) is 5.56 Å². The van der Waals surface area contributed by atoms with Gasteiger partial charge < -0.3 is 9.47 Å². The SMILES string of the molecule is COc1ccc(-c2nnc(SC)[nH]c2=O)c(OC)c1. The molecular formula is C12H13N3O3S. The number of ether oxygens (including phenoxy) is 2. The van der Waals surface area contributed by atoms with Crippen LogP contribution in [0.3, 0.4) is 0 Å². The molecule has 1 aromatic carbocycles. The summed E-state index contributed by atoms with van der Waals surface area (Å²) in [6, 6.07) is 5.15. The third kappa shape index (κ3) is 2.70. The fraction of sp³-hybridized carbons (Fsp3) is 0.250. The molecule has 0 saturated heterocycles. The number of benzene rings is 1. The molecule has 0 spiro atoms. The number of aromatic nitrogens is 3. The van der Waals surface area contributed by atoms with E-state index >= 15 is 0 Å². The van der Waals surface area contributed by atoms with Gasteiger partial charge in [0.05, 0.1) is 19.8 Å². The molecule has 19 heavy (non-hydrogen) atoms. The van der Waals surface area contributed by atoms with Crippen LogP contribution >= 0.6 is 11.8 Å². The molecule has 6 nitrogen and oxygen atoms in total. The van der Waals surface area contributed by atoms with Crippen LogP contribution in [0.25, 0.3) is 11.3 Å². The molecular weight excluding hydrogens is 266 g/mol. The Balaban J connectivity index is 2.55. The number of nitrogens with zero attached hydrogens (tertiary/aromatic N) is 2. The molecule has 0 unspecified atom stereocenters. The first-order chi connectivity index (χ1) is 9.19. The quantitative estimate of drug-likeness (QED) is 0.856. The maximum atomic E-state index is 12.0. The number of H-pyrrole nitrogens is 1. The Labute approximate surface area is 114 Å². The Morgan fingerprint density at radius 2 is 2.00 bits per heavy atom. The van der Waals surface area contributed by atoms with Crippen molar-refractivity contribution in [2.24, 2.45) is 0 Å². The minimum atomic E-state index is -0.303. The topological polar surface area (TPSA) is 77.1 Å². The van der Waals surface area contributed by atoms with Crippen LogP contribution in [0.15, 0.2) is 28.2 Å². The second-order valence-electron chi connectivity index (χ2n) is 3.58. The van der Waals surface area contributed by atoms with Gasteiger partial charge in [0, 0.05) is 6.07 Å². The normalized spacial score (nSPS) is 10.3. The van der Waals surface area contributed by atoms with Crippen LogP contribution in [0.5, 0.6) is 11.5 Å². The first kappa shape index (κ1) is 13.4. The van der Waals surface area contributed by atoms with Crippen molar-refractivity contribution in [3.05, 3.63) is 28.6 Å². The molecule has 1 heterocycles. The number of hydrogen-bond acceptors (Lipinski definition) is 6. The minimum absolute atomic E-state index is 0.220. The van der Waals surface area contributed by atoms with Gasteiger partial charge in [-0.25, -0.2) is 0 Å². The lowest BCUT2D eigenvalue weighted by Crippen LogP contribution is -2.14. The highest BCUT2D eigenvalue weighted by molar-refractivity contribution is 7.98. The van der Waals surface area contributed by atoms with Gasteiger partial charge in [0.2, 0.25) is 0 Å². The van der Waals surface area contributed by atoms with E-state index in [4.69, 9.17) is 9.47 Å². The van der Waals surface area contributed by atoms with E-state index in [9.17, 15) is 4.79 Å². The summed E-state index contributed by atoms with van der Waals surface area (Å²) < 4.78 is 10.4. The summed E-state index contributed by atoms with van der Waals surface area (Å²) in [4.78, 5) is 14.6. The number of hydrogen-bond donors (Lipinski definition) is 1. The van der Waals surface area contributed by atoms with Crippen LogP contribution in [-0.2, 0) is 0 Å². The zero-order valence-corrected chi connectivity index (χ0v) is 11.6. The summed E-state index contributed by atoms with van der Waals surface area (Å²) in [6.07, 6.45) is 1.81. The first-order valence-corrected chi connectivity index (χ1v) is 6.65. The molecule has 0 radical (unpaired) electrons. The van der Waals surface area contributed by atoms with Crippen LogP contribution in [0.4, 0.5) is 0 Å². The Kier molecular flexibility index (Phi) is 4.06. The Hall–Kier alpha value is -2.02. The zero-order valence-electron chi connectivity index (χ0n) is 10.8. The molecule has 0 saturated carbocycles. The van der Waals surface area contributed by atoms with E-state index in [1.165, 1.54) is 18.9 Å². The molecule has 0 fully saturated rings. The second-order valence-corrected chi connectivity index (χ2v) is 4.37. The van der Waals surface area contributed by atoms with Gasteiger partial charge in [0.1, 0.15) is 11.5 Å². The van der Waals surface area contributed by atoms with E-state index < -0.39 is 0 Å². The minimum Gasteiger partial charge on any atom is -0.497 e. The first-order valence-electron chi connectivity index (χ1n) is 5.43. The van der Waals surface area contributed by atoms with Gasteiger partial charge in [0.15, 0.2) is 10.9 Å². The lowest BCUT2D eigenvalue weighted by Gasteiger charge is -2.09. The van der Waals surface area contributed by atoms with Gasteiger partial charge in [-0.15, -0.1) is 10.2 Å². The predicted molar refractivity (Wildman–Crippen MR) is 73.0 cm³/mol. The van der Waals surface area contributed by atoms with Gasteiger partial charge in [-0.05, 0) is 18.4 Å². The fourth-order valence-corrected chi connectivity index (χ4v) is 1.90. The fourth-order valence-electron chi connectivity index (χ4n) is 1.58. The largest absolute Gasteiger partial charge is 0.497 e. The summed E-state index contributed by atoms with van der Waals surface area (Å²) in [5.41, 5.74) is 0.491. The third-order valence-corrected chi connectivity index (χ3v) is 3.10. The van der Waals surface area contributed by atoms with Crippen molar-refractivity contribution in [1.29, 1.82) is 0 Å². The molecule has 0 atom stereocenters. The van der Waals surface area contributed by atoms with E-state index in [1.54, 1.807) is 25.3 Å². The second kappa shape index (κ2) is 5.75. The molecule has 100 valence electrons. The molecule has 2 rings (SSSR count). The van der Waals surface area contributed by atoms with Crippen molar-refractivity contribution in [3.8, 4) is 22.8 Å². The molecule has 0 amide bonds. The zero-order chi connectivity index (χ0) is 13.8. The van der Waals surface area contributed by atoms with Gasteiger partial charge in [-0.3, -0.25) is 9.78 Å².